The maximum Gasteiger partial charge on any atom is 0.118 e. The average Bonchev–Trinajstić information content (AvgIpc) is 2.89. The van der Waals surface area contributed by atoms with Crippen molar-refractivity contribution in [1.82, 2.24) is 0 Å². The Morgan fingerprint density at radius 3 is 2.33 bits per heavy atom. The van der Waals surface area contributed by atoms with Gasteiger partial charge in [-0.3, -0.25) is 0 Å². The van der Waals surface area contributed by atoms with Gasteiger partial charge in [-0.2, -0.15) is 17.7 Å². The van der Waals surface area contributed by atoms with E-state index in [4.69, 9.17) is 4.74 Å². The lowest BCUT2D eigenvalue weighted by atomic mass is 9.86. The molecule has 96 valence electrons. The summed E-state index contributed by atoms with van der Waals surface area (Å²) < 4.78 is 5.22. The summed E-state index contributed by atoms with van der Waals surface area (Å²) in [7, 11) is 1.71. The van der Waals surface area contributed by atoms with Crippen LogP contribution in [0.4, 0.5) is 0 Å². The Morgan fingerprint density at radius 2 is 1.83 bits per heavy atom. The Balaban J connectivity index is 2.27. The number of ether oxygens (including phenoxy) is 1. The van der Waals surface area contributed by atoms with E-state index in [1.54, 1.807) is 7.11 Å². The zero-order valence-corrected chi connectivity index (χ0v) is 11.4. The number of rotatable bonds is 5. The first-order chi connectivity index (χ1) is 8.70. The van der Waals surface area contributed by atoms with Gasteiger partial charge in [0.15, 0.2) is 0 Å². The van der Waals surface area contributed by atoms with Crippen LogP contribution in [0.15, 0.2) is 48.5 Å². The molecular weight excluding hydrogens is 220 g/mol. The van der Waals surface area contributed by atoms with Gasteiger partial charge in [-0.05, 0) is 36.0 Å². The van der Waals surface area contributed by atoms with Gasteiger partial charge < -0.3 is 4.74 Å². The highest BCUT2D eigenvalue weighted by atomic mass is 16.5. The van der Waals surface area contributed by atoms with Crippen LogP contribution in [0, 0.1) is 5.92 Å². The van der Waals surface area contributed by atoms with E-state index < -0.39 is 0 Å². The van der Waals surface area contributed by atoms with Crippen molar-refractivity contribution >= 4 is 0 Å². The molecular formula is C17H21O-. The SMILES string of the molecule is COc1ccc([C@H](CC(C)C)c2ccc[cH-]2)cc1. The summed E-state index contributed by atoms with van der Waals surface area (Å²) in [6.07, 6.45) is 1.18. The van der Waals surface area contributed by atoms with Crippen LogP contribution in [0.2, 0.25) is 0 Å². The maximum absolute atomic E-state index is 5.22. The van der Waals surface area contributed by atoms with Gasteiger partial charge in [-0.15, -0.1) is 0 Å². The van der Waals surface area contributed by atoms with Crippen LogP contribution < -0.4 is 4.74 Å². The lowest BCUT2D eigenvalue weighted by molar-refractivity contribution is 0.414. The predicted octanol–water partition coefficient (Wildman–Crippen LogP) is 4.59. The highest BCUT2D eigenvalue weighted by molar-refractivity contribution is 5.36. The van der Waals surface area contributed by atoms with Crippen LogP contribution in [0.5, 0.6) is 5.75 Å². The largest absolute Gasteiger partial charge is 0.497 e. The minimum absolute atomic E-state index is 0.492. The Labute approximate surface area is 110 Å². The molecule has 0 spiro atoms. The first kappa shape index (κ1) is 12.8. The highest BCUT2D eigenvalue weighted by Gasteiger charge is 2.12. The third-order valence-corrected chi connectivity index (χ3v) is 3.32. The van der Waals surface area contributed by atoms with E-state index in [0.29, 0.717) is 11.8 Å². The van der Waals surface area contributed by atoms with Crippen LogP contribution in [0.25, 0.3) is 0 Å². The Bertz CT molecular complexity index is 451. The third kappa shape index (κ3) is 2.98. The second-order valence-corrected chi connectivity index (χ2v) is 5.17. The molecule has 0 aliphatic heterocycles. The molecule has 0 saturated heterocycles. The van der Waals surface area contributed by atoms with Crippen LogP contribution in [-0.4, -0.2) is 7.11 Å². The van der Waals surface area contributed by atoms with Crippen molar-refractivity contribution < 1.29 is 4.74 Å². The van der Waals surface area contributed by atoms with Crippen molar-refractivity contribution in [3.05, 3.63) is 59.7 Å². The van der Waals surface area contributed by atoms with Gasteiger partial charge in [0.25, 0.3) is 0 Å². The first-order valence-electron chi connectivity index (χ1n) is 6.56. The minimum Gasteiger partial charge on any atom is -0.497 e. The smallest absolute Gasteiger partial charge is 0.118 e. The van der Waals surface area contributed by atoms with Crippen molar-refractivity contribution in [2.45, 2.75) is 26.2 Å². The maximum atomic E-state index is 5.22. The number of hydrogen-bond acceptors (Lipinski definition) is 1. The van der Waals surface area contributed by atoms with Gasteiger partial charge in [0.2, 0.25) is 0 Å². The molecule has 0 aromatic heterocycles. The van der Waals surface area contributed by atoms with Crippen molar-refractivity contribution in [3.63, 3.8) is 0 Å². The summed E-state index contributed by atoms with van der Waals surface area (Å²) in [4.78, 5) is 0. The van der Waals surface area contributed by atoms with Crippen LogP contribution in [0.3, 0.4) is 0 Å². The van der Waals surface area contributed by atoms with Crippen molar-refractivity contribution in [1.29, 1.82) is 0 Å². The van der Waals surface area contributed by atoms with E-state index in [2.05, 4.69) is 50.2 Å². The molecule has 0 fully saturated rings. The van der Waals surface area contributed by atoms with Gasteiger partial charge in [-0.1, -0.05) is 26.0 Å². The second-order valence-electron chi connectivity index (χ2n) is 5.17. The van der Waals surface area contributed by atoms with E-state index in [0.717, 1.165) is 5.75 Å². The molecule has 2 aromatic carbocycles. The summed E-state index contributed by atoms with van der Waals surface area (Å²) in [5.74, 6) is 2.10. The van der Waals surface area contributed by atoms with E-state index in [9.17, 15) is 0 Å². The molecule has 0 heterocycles. The lowest BCUT2D eigenvalue weighted by Crippen LogP contribution is -2.04. The second kappa shape index (κ2) is 5.81. The molecule has 0 unspecified atom stereocenters. The van der Waals surface area contributed by atoms with E-state index in [-0.39, 0.29) is 0 Å². The topological polar surface area (TPSA) is 9.23 Å². The quantitative estimate of drug-likeness (QED) is 0.695. The highest BCUT2D eigenvalue weighted by Crippen LogP contribution is 2.32. The molecule has 0 N–H and O–H groups in total. The molecule has 0 radical (unpaired) electrons. The Hall–Kier alpha value is -1.63. The van der Waals surface area contributed by atoms with Crippen molar-refractivity contribution in [2.75, 3.05) is 7.11 Å². The molecule has 1 heteroatoms. The summed E-state index contributed by atoms with van der Waals surface area (Å²) in [5.41, 5.74) is 2.78. The van der Waals surface area contributed by atoms with Gasteiger partial charge in [0, 0.05) is 0 Å². The summed E-state index contributed by atoms with van der Waals surface area (Å²) in [6, 6.07) is 17.1. The zero-order valence-electron chi connectivity index (χ0n) is 11.4. The van der Waals surface area contributed by atoms with Crippen LogP contribution in [0.1, 0.15) is 37.3 Å². The van der Waals surface area contributed by atoms with E-state index in [1.165, 1.54) is 17.5 Å². The third-order valence-electron chi connectivity index (χ3n) is 3.32. The standard InChI is InChI=1S/C17H21O/c1-13(2)12-17(14-6-4-5-7-14)15-8-10-16(18-3)11-9-15/h4-11,13,17H,12H2,1-3H3/q-1/t17-/m1/s1. The van der Waals surface area contributed by atoms with E-state index >= 15 is 0 Å². The molecule has 0 bridgehead atoms. The molecule has 0 amide bonds. The Kier molecular flexibility index (Phi) is 4.14. The number of hydrogen-bond donors (Lipinski definition) is 0. The van der Waals surface area contributed by atoms with Crippen LogP contribution >= 0.6 is 0 Å². The molecule has 2 rings (SSSR count). The van der Waals surface area contributed by atoms with Gasteiger partial charge in [-0.25, -0.2) is 12.1 Å². The molecule has 1 atom stereocenters. The molecule has 2 aromatic rings. The Morgan fingerprint density at radius 1 is 1.11 bits per heavy atom. The summed E-state index contributed by atoms with van der Waals surface area (Å²) >= 11 is 0. The fraction of sp³-hybridized carbons (Fsp3) is 0.353. The molecule has 0 aliphatic rings. The molecule has 1 nitrogen and oxygen atoms in total. The molecule has 0 saturated carbocycles. The van der Waals surface area contributed by atoms with Crippen LogP contribution in [-0.2, 0) is 0 Å². The normalized spacial score (nSPS) is 12.7. The monoisotopic (exact) mass is 241 g/mol. The predicted molar refractivity (Wildman–Crippen MR) is 76.3 cm³/mol. The number of benzene rings is 1. The molecule has 18 heavy (non-hydrogen) atoms. The van der Waals surface area contributed by atoms with Crippen molar-refractivity contribution in [3.8, 4) is 5.75 Å². The van der Waals surface area contributed by atoms with Gasteiger partial charge >= 0.3 is 0 Å². The number of methoxy groups -OCH3 is 1. The summed E-state index contributed by atoms with van der Waals surface area (Å²) in [6.45, 7) is 4.55. The fourth-order valence-electron chi connectivity index (χ4n) is 2.39. The zero-order chi connectivity index (χ0) is 13.0. The molecule has 0 aliphatic carbocycles. The fourth-order valence-corrected chi connectivity index (χ4v) is 2.39. The first-order valence-corrected chi connectivity index (χ1v) is 6.56. The lowest BCUT2D eigenvalue weighted by Gasteiger charge is -2.22. The van der Waals surface area contributed by atoms with E-state index in [1.807, 2.05) is 12.1 Å². The summed E-state index contributed by atoms with van der Waals surface area (Å²) in [5, 5.41) is 0. The minimum atomic E-state index is 0.492. The van der Waals surface area contributed by atoms with Gasteiger partial charge in [0.1, 0.15) is 5.75 Å². The van der Waals surface area contributed by atoms with Gasteiger partial charge in [0.05, 0.1) is 7.11 Å². The average molecular weight is 241 g/mol. The van der Waals surface area contributed by atoms with Crippen molar-refractivity contribution in [2.24, 2.45) is 5.92 Å².